The van der Waals surface area contributed by atoms with E-state index in [0.717, 1.165) is 12.2 Å². The molecule has 0 saturated heterocycles. The van der Waals surface area contributed by atoms with Gasteiger partial charge >= 0.3 is 0 Å². The van der Waals surface area contributed by atoms with Crippen molar-refractivity contribution < 1.29 is 9.32 Å². The normalized spacial score (nSPS) is 11.5. The average molecular weight is 225 g/mol. The monoisotopic (exact) mass is 225 g/mol. The van der Waals surface area contributed by atoms with E-state index in [-0.39, 0.29) is 5.91 Å². The van der Waals surface area contributed by atoms with Crippen LogP contribution in [0.1, 0.15) is 32.2 Å². The van der Waals surface area contributed by atoms with Gasteiger partial charge in [0.2, 0.25) is 5.91 Å². The van der Waals surface area contributed by atoms with Crippen molar-refractivity contribution in [2.45, 2.75) is 39.8 Å². The molecule has 0 aliphatic rings. The first-order chi connectivity index (χ1) is 7.45. The van der Waals surface area contributed by atoms with Crippen LogP contribution < -0.4 is 10.6 Å². The number of amides is 1. The molecule has 0 aromatic carbocycles. The zero-order valence-corrected chi connectivity index (χ0v) is 10.3. The highest BCUT2D eigenvalue weighted by atomic mass is 16.5. The molecule has 0 saturated carbocycles. The summed E-state index contributed by atoms with van der Waals surface area (Å²) in [6, 6.07) is 1.81. The third-order valence-electron chi connectivity index (χ3n) is 2.29. The summed E-state index contributed by atoms with van der Waals surface area (Å²) in [5.74, 6) is 0.613. The molecule has 1 rings (SSSR count). The molecule has 0 unspecified atom stereocenters. The number of aryl methyl sites for hydroxylation is 1. The van der Waals surface area contributed by atoms with E-state index in [4.69, 9.17) is 4.52 Å². The number of carbonyl (C=O) groups is 1. The number of rotatable bonds is 5. The fourth-order valence-electron chi connectivity index (χ4n) is 1.41. The molecule has 0 aliphatic carbocycles. The number of hydrogen-bond acceptors (Lipinski definition) is 4. The van der Waals surface area contributed by atoms with Crippen molar-refractivity contribution >= 4 is 5.91 Å². The zero-order chi connectivity index (χ0) is 12.2. The fourth-order valence-corrected chi connectivity index (χ4v) is 1.41. The smallest absolute Gasteiger partial charge is 0.240 e. The molecule has 1 aromatic heterocycles. The van der Waals surface area contributed by atoms with Crippen LogP contribution >= 0.6 is 0 Å². The third-order valence-corrected chi connectivity index (χ3v) is 2.29. The summed E-state index contributed by atoms with van der Waals surface area (Å²) in [6.45, 7) is 8.62. The predicted octanol–water partition coefficient (Wildman–Crippen LogP) is 0.987. The lowest BCUT2D eigenvalue weighted by molar-refractivity contribution is -0.126. The minimum atomic E-state index is -0.566. The van der Waals surface area contributed by atoms with Crippen LogP contribution in [0.2, 0.25) is 0 Å². The zero-order valence-electron chi connectivity index (χ0n) is 10.3. The quantitative estimate of drug-likeness (QED) is 0.784. The van der Waals surface area contributed by atoms with Gasteiger partial charge in [-0.1, -0.05) is 12.1 Å². The Bertz CT molecular complexity index is 358. The highest BCUT2D eigenvalue weighted by molar-refractivity contribution is 5.85. The standard InChI is InChI=1S/C11H19N3O2/c1-5-13-11(3,4)10(15)12-7-9-6-8(2)14-16-9/h6,13H,5,7H2,1-4H3,(H,12,15). The van der Waals surface area contributed by atoms with E-state index < -0.39 is 5.54 Å². The molecular formula is C11H19N3O2. The highest BCUT2D eigenvalue weighted by Gasteiger charge is 2.25. The highest BCUT2D eigenvalue weighted by Crippen LogP contribution is 2.04. The minimum Gasteiger partial charge on any atom is -0.359 e. The molecular weight excluding hydrogens is 206 g/mol. The summed E-state index contributed by atoms with van der Waals surface area (Å²) in [5, 5.41) is 9.66. The van der Waals surface area contributed by atoms with Gasteiger partial charge in [-0.2, -0.15) is 0 Å². The van der Waals surface area contributed by atoms with Crippen molar-refractivity contribution in [3.05, 3.63) is 17.5 Å². The topological polar surface area (TPSA) is 67.2 Å². The minimum absolute atomic E-state index is 0.0524. The first kappa shape index (κ1) is 12.7. The molecule has 16 heavy (non-hydrogen) atoms. The van der Waals surface area contributed by atoms with Gasteiger partial charge in [-0.3, -0.25) is 4.79 Å². The van der Waals surface area contributed by atoms with E-state index >= 15 is 0 Å². The van der Waals surface area contributed by atoms with Crippen LogP contribution in [-0.4, -0.2) is 23.1 Å². The third kappa shape index (κ3) is 3.34. The summed E-state index contributed by atoms with van der Waals surface area (Å²) in [7, 11) is 0. The summed E-state index contributed by atoms with van der Waals surface area (Å²) in [6.07, 6.45) is 0. The molecule has 0 fully saturated rings. The number of hydrogen-bond donors (Lipinski definition) is 2. The Hall–Kier alpha value is -1.36. The number of aromatic nitrogens is 1. The van der Waals surface area contributed by atoms with Gasteiger partial charge in [-0.05, 0) is 27.3 Å². The molecule has 1 aromatic rings. The van der Waals surface area contributed by atoms with Gasteiger partial charge in [0.25, 0.3) is 0 Å². The molecule has 0 bridgehead atoms. The van der Waals surface area contributed by atoms with E-state index in [2.05, 4.69) is 15.8 Å². The van der Waals surface area contributed by atoms with Crippen LogP contribution in [0.25, 0.3) is 0 Å². The second-order valence-corrected chi connectivity index (χ2v) is 4.27. The molecule has 0 radical (unpaired) electrons. The lowest BCUT2D eigenvalue weighted by Gasteiger charge is -2.23. The average Bonchev–Trinajstić information content (AvgIpc) is 2.60. The Morgan fingerprint density at radius 1 is 1.56 bits per heavy atom. The van der Waals surface area contributed by atoms with Gasteiger partial charge < -0.3 is 15.2 Å². The number of likely N-dealkylation sites (N-methyl/N-ethyl adjacent to an activating group) is 1. The van der Waals surface area contributed by atoms with Crippen molar-refractivity contribution in [3.63, 3.8) is 0 Å². The van der Waals surface area contributed by atoms with Crippen LogP contribution in [-0.2, 0) is 11.3 Å². The van der Waals surface area contributed by atoms with E-state index in [1.807, 2.05) is 27.7 Å². The van der Waals surface area contributed by atoms with E-state index in [0.29, 0.717) is 12.3 Å². The number of carbonyl (C=O) groups excluding carboxylic acids is 1. The second kappa shape index (κ2) is 5.12. The Balaban J connectivity index is 2.46. The van der Waals surface area contributed by atoms with E-state index in [1.165, 1.54) is 0 Å². The van der Waals surface area contributed by atoms with Crippen molar-refractivity contribution in [1.82, 2.24) is 15.8 Å². The van der Waals surface area contributed by atoms with Crippen LogP contribution in [0.5, 0.6) is 0 Å². The van der Waals surface area contributed by atoms with Gasteiger partial charge in [0.1, 0.15) is 0 Å². The van der Waals surface area contributed by atoms with Gasteiger partial charge in [-0.15, -0.1) is 0 Å². The second-order valence-electron chi connectivity index (χ2n) is 4.27. The van der Waals surface area contributed by atoms with E-state index in [1.54, 1.807) is 6.07 Å². The SMILES string of the molecule is CCNC(C)(C)C(=O)NCc1cc(C)no1. The first-order valence-electron chi connectivity index (χ1n) is 5.41. The van der Waals surface area contributed by atoms with Crippen molar-refractivity contribution in [2.24, 2.45) is 0 Å². The Kier molecular flexibility index (Phi) is 4.06. The molecule has 0 spiro atoms. The first-order valence-corrected chi connectivity index (χ1v) is 5.41. The molecule has 90 valence electrons. The van der Waals surface area contributed by atoms with Gasteiger partial charge in [0.05, 0.1) is 17.8 Å². The fraction of sp³-hybridized carbons (Fsp3) is 0.636. The van der Waals surface area contributed by atoms with Crippen LogP contribution in [0, 0.1) is 6.92 Å². The Morgan fingerprint density at radius 2 is 2.25 bits per heavy atom. The van der Waals surface area contributed by atoms with Crippen molar-refractivity contribution in [2.75, 3.05) is 6.54 Å². The maximum Gasteiger partial charge on any atom is 0.240 e. The molecule has 5 nitrogen and oxygen atoms in total. The summed E-state index contributed by atoms with van der Waals surface area (Å²) < 4.78 is 5.00. The summed E-state index contributed by atoms with van der Waals surface area (Å²) in [5.41, 5.74) is 0.249. The van der Waals surface area contributed by atoms with Gasteiger partial charge in [-0.25, -0.2) is 0 Å². The molecule has 0 aliphatic heterocycles. The van der Waals surface area contributed by atoms with Crippen molar-refractivity contribution in [3.8, 4) is 0 Å². The summed E-state index contributed by atoms with van der Waals surface area (Å²) in [4.78, 5) is 11.8. The van der Waals surface area contributed by atoms with Gasteiger partial charge in [0, 0.05) is 6.07 Å². The van der Waals surface area contributed by atoms with Crippen LogP contribution in [0.15, 0.2) is 10.6 Å². The largest absolute Gasteiger partial charge is 0.359 e. The molecule has 0 atom stereocenters. The van der Waals surface area contributed by atoms with E-state index in [9.17, 15) is 4.79 Å². The Morgan fingerprint density at radius 3 is 2.75 bits per heavy atom. The van der Waals surface area contributed by atoms with Crippen LogP contribution in [0.4, 0.5) is 0 Å². The van der Waals surface area contributed by atoms with Crippen molar-refractivity contribution in [1.29, 1.82) is 0 Å². The summed E-state index contributed by atoms with van der Waals surface area (Å²) >= 11 is 0. The maximum absolute atomic E-state index is 11.8. The maximum atomic E-state index is 11.8. The lowest BCUT2D eigenvalue weighted by atomic mass is 10.0. The number of nitrogens with zero attached hydrogens (tertiary/aromatic N) is 1. The lowest BCUT2D eigenvalue weighted by Crippen LogP contribution is -2.52. The molecule has 1 amide bonds. The van der Waals surface area contributed by atoms with Gasteiger partial charge in [0.15, 0.2) is 5.76 Å². The number of nitrogens with one attached hydrogen (secondary N) is 2. The molecule has 1 heterocycles. The predicted molar refractivity (Wildman–Crippen MR) is 60.8 cm³/mol. The van der Waals surface area contributed by atoms with Crippen LogP contribution in [0.3, 0.4) is 0 Å². The molecule has 2 N–H and O–H groups in total. The molecule has 5 heteroatoms. The Labute approximate surface area is 95.6 Å².